The number of thiazole rings is 1. The molecular formula is C12H18ClNOS. The van der Waals surface area contributed by atoms with E-state index in [-0.39, 0.29) is 0 Å². The summed E-state index contributed by atoms with van der Waals surface area (Å²) in [5.41, 5.74) is 0.961. The highest BCUT2D eigenvalue weighted by Gasteiger charge is 2.13. The predicted molar refractivity (Wildman–Crippen MR) is 67.9 cm³/mol. The fourth-order valence-electron chi connectivity index (χ4n) is 2.14. The molecule has 0 bridgehead atoms. The Morgan fingerprint density at radius 3 is 2.88 bits per heavy atom. The largest absolute Gasteiger partial charge is 0.374 e. The van der Waals surface area contributed by atoms with E-state index in [1.54, 1.807) is 11.3 Å². The van der Waals surface area contributed by atoms with Crippen molar-refractivity contribution in [2.24, 2.45) is 5.92 Å². The van der Waals surface area contributed by atoms with Crippen LogP contribution in [0.4, 0.5) is 0 Å². The van der Waals surface area contributed by atoms with Crippen molar-refractivity contribution in [2.75, 3.05) is 6.61 Å². The number of hydrogen-bond acceptors (Lipinski definition) is 3. The SMILES string of the molecule is ClCc1csc(COCC2CCCCC2)n1. The molecule has 0 atom stereocenters. The second-order valence-corrected chi connectivity index (χ2v) is 5.60. The molecule has 0 saturated heterocycles. The summed E-state index contributed by atoms with van der Waals surface area (Å²) < 4.78 is 5.72. The van der Waals surface area contributed by atoms with Crippen LogP contribution in [0.15, 0.2) is 5.38 Å². The summed E-state index contributed by atoms with van der Waals surface area (Å²) in [4.78, 5) is 4.37. The minimum atomic E-state index is 0.499. The third kappa shape index (κ3) is 3.72. The van der Waals surface area contributed by atoms with Crippen LogP contribution < -0.4 is 0 Å². The van der Waals surface area contributed by atoms with Crippen LogP contribution in [0, 0.1) is 5.92 Å². The Morgan fingerprint density at radius 2 is 2.19 bits per heavy atom. The highest BCUT2D eigenvalue weighted by Crippen LogP contribution is 2.24. The highest BCUT2D eigenvalue weighted by atomic mass is 35.5. The summed E-state index contributed by atoms with van der Waals surface area (Å²) >= 11 is 7.34. The van der Waals surface area contributed by atoms with Crippen molar-refractivity contribution in [3.63, 3.8) is 0 Å². The van der Waals surface area contributed by atoms with Gasteiger partial charge in [0.15, 0.2) is 0 Å². The average Bonchev–Trinajstić information content (AvgIpc) is 2.78. The summed E-state index contributed by atoms with van der Waals surface area (Å²) in [5.74, 6) is 1.28. The molecule has 1 aromatic heterocycles. The van der Waals surface area contributed by atoms with Crippen molar-refractivity contribution < 1.29 is 4.74 Å². The first kappa shape index (κ1) is 12.3. The van der Waals surface area contributed by atoms with Gasteiger partial charge in [-0.2, -0.15) is 0 Å². The molecule has 0 spiro atoms. The van der Waals surface area contributed by atoms with Gasteiger partial charge in [0.2, 0.25) is 0 Å². The Bertz CT molecular complexity index is 310. The molecule has 1 aliphatic rings. The smallest absolute Gasteiger partial charge is 0.119 e. The van der Waals surface area contributed by atoms with E-state index in [9.17, 15) is 0 Å². The molecule has 0 unspecified atom stereocenters. The maximum absolute atomic E-state index is 5.72. The molecule has 1 saturated carbocycles. The molecule has 1 aliphatic carbocycles. The fraction of sp³-hybridized carbons (Fsp3) is 0.750. The monoisotopic (exact) mass is 259 g/mol. The molecule has 4 heteroatoms. The molecule has 1 aromatic rings. The molecule has 0 N–H and O–H groups in total. The van der Waals surface area contributed by atoms with Crippen molar-refractivity contribution in [3.05, 3.63) is 16.1 Å². The molecule has 0 amide bonds. The summed E-state index contributed by atoms with van der Waals surface area (Å²) in [6, 6.07) is 0. The lowest BCUT2D eigenvalue weighted by atomic mass is 9.90. The summed E-state index contributed by atoms with van der Waals surface area (Å²) in [6.07, 6.45) is 6.83. The Hall–Kier alpha value is -0.120. The predicted octanol–water partition coefficient (Wildman–Crippen LogP) is 3.98. The van der Waals surface area contributed by atoms with Crippen LogP contribution in [-0.4, -0.2) is 11.6 Å². The van der Waals surface area contributed by atoms with Crippen LogP contribution in [0.1, 0.15) is 42.8 Å². The molecule has 16 heavy (non-hydrogen) atoms. The summed E-state index contributed by atoms with van der Waals surface area (Å²) in [5, 5.41) is 3.05. The van der Waals surface area contributed by atoms with Gasteiger partial charge in [-0.05, 0) is 18.8 Å². The lowest BCUT2D eigenvalue weighted by molar-refractivity contribution is 0.0737. The first-order valence-electron chi connectivity index (χ1n) is 5.95. The first-order valence-corrected chi connectivity index (χ1v) is 7.37. The van der Waals surface area contributed by atoms with Gasteiger partial charge in [-0.15, -0.1) is 22.9 Å². The van der Waals surface area contributed by atoms with Crippen LogP contribution in [0.2, 0.25) is 0 Å². The number of aromatic nitrogens is 1. The molecule has 90 valence electrons. The minimum Gasteiger partial charge on any atom is -0.374 e. The highest BCUT2D eigenvalue weighted by molar-refractivity contribution is 7.09. The van der Waals surface area contributed by atoms with E-state index in [0.29, 0.717) is 12.5 Å². The zero-order valence-corrected chi connectivity index (χ0v) is 11.0. The molecule has 0 aromatic carbocycles. The number of nitrogens with zero attached hydrogens (tertiary/aromatic N) is 1. The van der Waals surface area contributed by atoms with Crippen molar-refractivity contribution in [1.29, 1.82) is 0 Å². The van der Waals surface area contributed by atoms with E-state index in [1.165, 1.54) is 32.1 Å². The fourth-order valence-corrected chi connectivity index (χ4v) is 3.10. The van der Waals surface area contributed by atoms with E-state index in [4.69, 9.17) is 16.3 Å². The first-order chi connectivity index (χ1) is 7.88. The van der Waals surface area contributed by atoms with E-state index < -0.39 is 0 Å². The number of hydrogen-bond donors (Lipinski definition) is 0. The van der Waals surface area contributed by atoms with E-state index >= 15 is 0 Å². The molecule has 1 heterocycles. The van der Waals surface area contributed by atoms with Gasteiger partial charge in [0.25, 0.3) is 0 Å². The van der Waals surface area contributed by atoms with Crippen LogP contribution >= 0.6 is 22.9 Å². The molecule has 0 radical (unpaired) electrons. The lowest BCUT2D eigenvalue weighted by Gasteiger charge is -2.20. The summed E-state index contributed by atoms with van der Waals surface area (Å²) in [6.45, 7) is 1.55. The number of ether oxygens (including phenoxy) is 1. The van der Waals surface area contributed by atoms with Crippen molar-refractivity contribution >= 4 is 22.9 Å². The lowest BCUT2D eigenvalue weighted by Crippen LogP contribution is -2.13. The normalized spacial score (nSPS) is 17.8. The average molecular weight is 260 g/mol. The van der Waals surface area contributed by atoms with Gasteiger partial charge in [-0.1, -0.05) is 19.3 Å². The van der Waals surface area contributed by atoms with Gasteiger partial charge in [-0.3, -0.25) is 0 Å². The zero-order chi connectivity index (χ0) is 11.2. The Kier molecular flexibility index (Phi) is 5.07. The van der Waals surface area contributed by atoms with Crippen molar-refractivity contribution in [1.82, 2.24) is 4.98 Å². The molecule has 2 rings (SSSR count). The van der Waals surface area contributed by atoms with Crippen molar-refractivity contribution in [2.45, 2.75) is 44.6 Å². The number of halogens is 1. The van der Waals surface area contributed by atoms with Crippen LogP contribution in [0.5, 0.6) is 0 Å². The second kappa shape index (κ2) is 6.58. The quantitative estimate of drug-likeness (QED) is 0.747. The number of alkyl halides is 1. The van der Waals surface area contributed by atoms with Crippen LogP contribution in [0.3, 0.4) is 0 Å². The Balaban J connectivity index is 1.66. The third-order valence-corrected chi connectivity index (χ3v) is 4.19. The minimum absolute atomic E-state index is 0.499. The van der Waals surface area contributed by atoms with Gasteiger partial charge in [0.05, 0.1) is 18.2 Å². The standard InChI is InChI=1S/C12H18ClNOS/c13-6-11-9-16-12(14-11)8-15-7-10-4-2-1-3-5-10/h9-10H,1-8H2. The summed E-state index contributed by atoms with van der Waals surface area (Å²) in [7, 11) is 0. The Morgan fingerprint density at radius 1 is 1.38 bits per heavy atom. The van der Waals surface area contributed by atoms with Crippen LogP contribution in [-0.2, 0) is 17.2 Å². The molecule has 1 fully saturated rings. The van der Waals surface area contributed by atoms with Gasteiger partial charge in [0, 0.05) is 12.0 Å². The second-order valence-electron chi connectivity index (χ2n) is 4.39. The topological polar surface area (TPSA) is 22.1 Å². The van der Waals surface area contributed by atoms with Gasteiger partial charge in [0.1, 0.15) is 5.01 Å². The maximum Gasteiger partial charge on any atom is 0.119 e. The molecule has 0 aliphatic heterocycles. The maximum atomic E-state index is 5.72. The number of rotatable bonds is 5. The van der Waals surface area contributed by atoms with E-state index in [2.05, 4.69) is 4.98 Å². The van der Waals surface area contributed by atoms with Crippen molar-refractivity contribution in [3.8, 4) is 0 Å². The van der Waals surface area contributed by atoms with E-state index in [0.717, 1.165) is 23.2 Å². The molecular weight excluding hydrogens is 242 g/mol. The Labute approximate surface area is 106 Å². The zero-order valence-electron chi connectivity index (χ0n) is 9.45. The third-order valence-electron chi connectivity index (χ3n) is 3.04. The van der Waals surface area contributed by atoms with Gasteiger partial charge >= 0.3 is 0 Å². The van der Waals surface area contributed by atoms with Crippen LogP contribution in [0.25, 0.3) is 0 Å². The van der Waals surface area contributed by atoms with E-state index in [1.807, 2.05) is 5.38 Å². The van der Waals surface area contributed by atoms with Gasteiger partial charge < -0.3 is 4.74 Å². The molecule has 2 nitrogen and oxygen atoms in total. The van der Waals surface area contributed by atoms with Gasteiger partial charge in [-0.25, -0.2) is 4.98 Å².